The van der Waals surface area contributed by atoms with Crippen LogP contribution in [0.3, 0.4) is 0 Å². The maximum absolute atomic E-state index is 5.50. The number of halogens is 1. The van der Waals surface area contributed by atoms with Gasteiger partial charge in [-0.2, -0.15) is 0 Å². The zero-order valence-corrected chi connectivity index (χ0v) is 10.3. The molecule has 0 spiro atoms. The molecule has 1 N–H and O–H groups in total. The van der Waals surface area contributed by atoms with Gasteiger partial charge in [0.05, 0.1) is 12.1 Å². The largest absolute Gasteiger partial charge is 0.380 e. The molecule has 1 aromatic carbocycles. The quantitative estimate of drug-likeness (QED) is 0.848. The Bertz CT molecular complexity index is 316. The lowest BCUT2D eigenvalue weighted by atomic mass is 10.1. The van der Waals surface area contributed by atoms with Gasteiger partial charge in [-0.15, -0.1) is 0 Å². The third kappa shape index (κ3) is 2.39. The molecule has 0 unspecified atom stereocenters. The third-order valence-corrected chi connectivity index (χ3v) is 3.22. The first-order valence-corrected chi connectivity index (χ1v) is 5.97. The number of nitrogens with one attached hydrogen (secondary N) is 1. The molecular weight excluding hydrogens is 289 g/mol. The molecule has 1 aromatic rings. The first kappa shape index (κ1) is 10.2. The van der Waals surface area contributed by atoms with E-state index in [-0.39, 0.29) is 0 Å². The fourth-order valence-corrected chi connectivity index (χ4v) is 2.26. The molecule has 0 radical (unpaired) electrons. The van der Waals surface area contributed by atoms with Crippen LogP contribution in [-0.4, -0.2) is 18.8 Å². The summed E-state index contributed by atoms with van der Waals surface area (Å²) in [6.45, 7) is 3.00. The van der Waals surface area contributed by atoms with Gasteiger partial charge in [-0.25, -0.2) is 0 Å². The van der Waals surface area contributed by atoms with E-state index in [4.69, 9.17) is 4.74 Å². The van der Waals surface area contributed by atoms with Gasteiger partial charge in [0.15, 0.2) is 0 Å². The molecule has 1 saturated heterocycles. The Balaban J connectivity index is 2.03. The number of hydrogen-bond donors (Lipinski definition) is 1. The molecule has 2 nitrogen and oxygen atoms in total. The predicted molar refractivity (Wildman–Crippen MR) is 66.6 cm³/mol. The maximum atomic E-state index is 5.50. The number of rotatable bonds is 2. The Kier molecular flexibility index (Phi) is 3.28. The Morgan fingerprint density at radius 2 is 2.36 bits per heavy atom. The molecule has 3 heteroatoms. The van der Waals surface area contributed by atoms with Crippen molar-refractivity contribution >= 4 is 28.3 Å². The molecule has 0 aliphatic carbocycles. The van der Waals surface area contributed by atoms with Gasteiger partial charge in [0.25, 0.3) is 0 Å². The second-order valence-corrected chi connectivity index (χ2v) is 4.87. The molecule has 1 aliphatic heterocycles. The summed E-state index contributed by atoms with van der Waals surface area (Å²) in [6, 6.07) is 8.90. The SMILES string of the molecule is C[C@@H]1OCC[C@@H]1Nc1cccc(I)c1. The summed E-state index contributed by atoms with van der Waals surface area (Å²) in [5, 5.41) is 3.50. The highest BCUT2D eigenvalue weighted by molar-refractivity contribution is 14.1. The van der Waals surface area contributed by atoms with Crippen LogP contribution in [0.4, 0.5) is 5.69 Å². The van der Waals surface area contributed by atoms with Gasteiger partial charge in [-0.1, -0.05) is 6.07 Å². The van der Waals surface area contributed by atoms with Crippen LogP contribution in [0.25, 0.3) is 0 Å². The van der Waals surface area contributed by atoms with Crippen LogP contribution < -0.4 is 5.32 Å². The second kappa shape index (κ2) is 4.49. The monoisotopic (exact) mass is 303 g/mol. The smallest absolute Gasteiger partial charge is 0.0748 e. The maximum Gasteiger partial charge on any atom is 0.0748 e. The van der Waals surface area contributed by atoms with Crippen molar-refractivity contribution in [2.24, 2.45) is 0 Å². The number of anilines is 1. The Hall–Kier alpha value is -0.290. The lowest BCUT2D eigenvalue weighted by Crippen LogP contribution is -2.26. The van der Waals surface area contributed by atoms with Crippen molar-refractivity contribution in [2.45, 2.75) is 25.5 Å². The van der Waals surface area contributed by atoms with E-state index in [0.717, 1.165) is 13.0 Å². The minimum Gasteiger partial charge on any atom is -0.380 e. The second-order valence-electron chi connectivity index (χ2n) is 3.63. The van der Waals surface area contributed by atoms with Gasteiger partial charge in [0.2, 0.25) is 0 Å². The zero-order valence-electron chi connectivity index (χ0n) is 8.16. The van der Waals surface area contributed by atoms with E-state index in [0.29, 0.717) is 12.1 Å². The Morgan fingerprint density at radius 1 is 1.50 bits per heavy atom. The summed E-state index contributed by atoms with van der Waals surface area (Å²) in [6.07, 6.45) is 1.43. The van der Waals surface area contributed by atoms with Crippen molar-refractivity contribution in [2.75, 3.05) is 11.9 Å². The fraction of sp³-hybridized carbons (Fsp3) is 0.455. The van der Waals surface area contributed by atoms with E-state index < -0.39 is 0 Å². The molecule has 1 heterocycles. The molecule has 0 amide bonds. The Labute approximate surface area is 98.2 Å². The number of ether oxygens (including phenoxy) is 1. The van der Waals surface area contributed by atoms with E-state index in [1.807, 2.05) is 0 Å². The topological polar surface area (TPSA) is 21.3 Å². The normalized spacial score (nSPS) is 26.4. The van der Waals surface area contributed by atoms with Gasteiger partial charge in [-0.05, 0) is 54.1 Å². The highest BCUT2D eigenvalue weighted by atomic mass is 127. The van der Waals surface area contributed by atoms with E-state index in [1.165, 1.54) is 9.26 Å². The molecular formula is C11H14INO. The van der Waals surface area contributed by atoms with E-state index >= 15 is 0 Å². The summed E-state index contributed by atoms with van der Waals surface area (Å²) in [5.41, 5.74) is 1.19. The highest BCUT2D eigenvalue weighted by Gasteiger charge is 2.23. The van der Waals surface area contributed by atoms with Crippen LogP contribution in [-0.2, 0) is 4.74 Å². The predicted octanol–water partition coefficient (Wildman–Crippen LogP) is 2.88. The fourth-order valence-electron chi connectivity index (χ4n) is 1.71. The van der Waals surface area contributed by atoms with E-state index in [9.17, 15) is 0 Å². The van der Waals surface area contributed by atoms with Gasteiger partial charge < -0.3 is 10.1 Å². The van der Waals surface area contributed by atoms with Crippen molar-refractivity contribution in [1.29, 1.82) is 0 Å². The summed E-state index contributed by atoms with van der Waals surface area (Å²) in [4.78, 5) is 0. The average molecular weight is 303 g/mol. The summed E-state index contributed by atoms with van der Waals surface area (Å²) < 4.78 is 6.77. The van der Waals surface area contributed by atoms with Crippen LogP contribution in [0.1, 0.15) is 13.3 Å². The standard InChI is InChI=1S/C11H14INO/c1-8-11(5-6-14-8)13-10-4-2-3-9(12)7-10/h2-4,7-8,11,13H,5-6H2,1H3/t8-,11-/m0/s1. The lowest BCUT2D eigenvalue weighted by Gasteiger charge is -2.17. The average Bonchev–Trinajstić information content (AvgIpc) is 2.52. The van der Waals surface area contributed by atoms with Crippen molar-refractivity contribution in [1.82, 2.24) is 0 Å². The third-order valence-electron chi connectivity index (χ3n) is 2.55. The molecule has 0 aromatic heterocycles. The Morgan fingerprint density at radius 3 is 3.00 bits per heavy atom. The van der Waals surface area contributed by atoms with Crippen LogP contribution in [0.5, 0.6) is 0 Å². The van der Waals surface area contributed by atoms with Crippen molar-refractivity contribution < 1.29 is 4.74 Å². The molecule has 14 heavy (non-hydrogen) atoms. The summed E-state index contributed by atoms with van der Waals surface area (Å²) in [7, 11) is 0. The van der Waals surface area contributed by atoms with Crippen LogP contribution in [0, 0.1) is 3.57 Å². The first-order valence-electron chi connectivity index (χ1n) is 4.89. The van der Waals surface area contributed by atoms with Crippen molar-refractivity contribution in [3.05, 3.63) is 27.8 Å². The van der Waals surface area contributed by atoms with E-state index in [2.05, 4.69) is 59.1 Å². The van der Waals surface area contributed by atoms with Crippen LogP contribution >= 0.6 is 22.6 Å². The molecule has 0 bridgehead atoms. The molecule has 0 saturated carbocycles. The molecule has 1 fully saturated rings. The van der Waals surface area contributed by atoms with Crippen LogP contribution in [0.15, 0.2) is 24.3 Å². The van der Waals surface area contributed by atoms with Crippen molar-refractivity contribution in [3.8, 4) is 0 Å². The van der Waals surface area contributed by atoms with Gasteiger partial charge in [0, 0.05) is 15.9 Å². The first-order chi connectivity index (χ1) is 6.75. The van der Waals surface area contributed by atoms with Crippen molar-refractivity contribution in [3.63, 3.8) is 0 Å². The van der Waals surface area contributed by atoms with Gasteiger partial charge >= 0.3 is 0 Å². The molecule has 76 valence electrons. The number of benzene rings is 1. The summed E-state index contributed by atoms with van der Waals surface area (Å²) in [5.74, 6) is 0. The van der Waals surface area contributed by atoms with Gasteiger partial charge in [-0.3, -0.25) is 0 Å². The minimum absolute atomic E-state index is 0.327. The van der Waals surface area contributed by atoms with Gasteiger partial charge in [0.1, 0.15) is 0 Å². The van der Waals surface area contributed by atoms with E-state index in [1.54, 1.807) is 0 Å². The minimum atomic E-state index is 0.327. The molecule has 2 rings (SSSR count). The molecule has 2 atom stereocenters. The number of hydrogen-bond acceptors (Lipinski definition) is 2. The lowest BCUT2D eigenvalue weighted by molar-refractivity contribution is 0.121. The molecule has 1 aliphatic rings. The summed E-state index contributed by atoms with van der Waals surface area (Å²) >= 11 is 2.33. The van der Waals surface area contributed by atoms with Crippen LogP contribution in [0.2, 0.25) is 0 Å². The zero-order chi connectivity index (χ0) is 9.97. The highest BCUT2D eigenvalue weighted by Crippen LogP contribution is 2.20.